The monoisotopic (exact) mass is 645 g/mol. The number of carbonyl (C=O) groups is 2. The standard InChI is InChI=1S/C32H37Cl2N3O5S/c1-3-42-27-17-15-26(16-18-27)37(43(40,41)28-12-8-5-9-13-28)22-31(38)36(21-24-14-19-29(33)30(34)20-24)23(2)32(39)35-25-10-6-4-7-11-25/h5,8-9,12-20,23,25H,3-4,6-7,10-11,21-22H2,1-2H3,(H,35,39)/t23-/m1/s1. The molecule has 0 heterocycles. The van der Waals surface area contributed by atoms with Crippen molar-refractivity contribution in [2.75, 3.05) is 17.5 Å². The molecule has 0 aliphatic heterocycles. The van der Waals surface area contributed by atoms with Crippen molar-refractivity contribution in [2.45, 2.75) is 69.5 Å². The van der Waals surface area contributed by atoms with Gasteiger partial charge in [0.15, 0.2) is 0 Å². The van der Waals surface area contributed by atoms with E-state index >= 15 is 0 Å². The van der Waals surface area contributed by atoms with Gasteiger partial charge in [-0.2, -0.15) is 0 Å². The lowest BCUT2D eigenvalue weighted by Crippen LogP contribution is -2.53. The zero-order chi connectivity index (χ0) is 31.0. The molecule has 1 atom stereocenters. The first kappa shape index (κ1) is 32.6. The van der Waals surface area contributed by atoms with Gasteiger partial charge >= 0.3 is 0 Å². The molecule has 0 unspecified atom stereocenters. The number of halogens is 2. The molecule has 230 valence electrons. The van der Waals surface area contributed by atoms with Crippen LogP contribution in [0.25, 0.3) is 0 Å². The molecule has 0 radical (unpaired) electrons. The van der Waals surface area contributed by atoms with Crippen LogP contribution in [0.3, 0.4) is 0 Å². The maximum atomic E-state index is 14.1. The Morgan fingerprint density at radius 1 is 0.953 bits per heavy atom. The van der Waals surface area contributed by atoms with E-state index < -0.39 is 28.5 Å². The van der Waals surface area contributed by atoms with Crippen LogP contribution in [0.1, 0.15) is 51.5 Å². The molecule has 0 saturated heterocycles. The Hall–Kier alpha value is -3.27. The van der Waals surface area contributed by atoms with Gasteiger partial charge in [0.05, 0.1) is 27.2 Å². The maximum absolute atomic E-state index is 14.1. The number of hydrogen-bond acceptors (Lipinski definition) is 5. The van der Waals surface area contributed by atoms with Crippen LogP contribution in [0.2, 0.25) is 10.0 Å². The topological polar surface area (TPSA) is 96.0 Å². The van der Waals surface area contributed by atoms with Gasteiger partial charge in [-0.25, -0.2) is 8.42 Å². The summed E-state index contributed by atoms with van der Waals surface area (Å²) in [5, 5.41) is 3.77. The van der Waals surface area contributed by atoms with Crippen molar-refractivity contribution < 1.29 is 22.7 Å². The van der Waals surface area contributed by atoms with Gasteiger partial charge in [0, 0.05) is 12.6 Å². The smallest absolute Gasteiger partial charge is 0.264 e. The van der Waals surface area contributed by atoms with Gasteiger partial charge in [0.2, 0.25) is 11.8 Å². The largest absolute Gasteiger partial charge is 0.494 e. The van der Waals surface area contributed by atoms with Crippen LogP contribution >= 0.6 is 23.2 Å². The highest BCUT2D eigenvalue weighted by Gasteiger charge is 2.33. The van der Waals surface area contributed by atoms with Crippen molar-refractivity contribution in [3.63, 3.8) is 0 Å². The first-order chi connectivity index (χ1) is 20.6. The SMILES string of the molecule is CCOc1ccc(N(CC(=O)N(Cc2ccc(Cl)c(Cl)c2)[C@H](C)C(=O)NC2CCCCC2)S(=O)(=O)c2ccccc2)cc1. The third kappa shape index (κ3) is 8.43. The summed E-state index contributed by atoms with van der Waals surface area (Å²) < 4.78 is 34.4. The molecule has 1 aliphatic rings. The molecule has 0 bridgehead atoms. The number of carbonyl (C=O) groups excluding carboxylic acids is 2. The Labute approximate surface area is 264 Å². The summed E-state index contributed by atoms with van der Waals surface area (Å²) in [4.78, 5) is 29.0. The van der Waals surface area contributed by atoms with Gasteiger partial charge in [-0.15, -0.1) is 0 Å². The highest BCUT2D eigenvalue weighted by Crippen LogP contribution is 2.28. The molecule has 0 spiro atoms. The zero-order valence-corrected chi connectivity index (χ0v) is 26.7. The Bertz CT molecular complexity index is 1500. The van der Waals surface area contributed by atoms with Crippen LogP contribution < -0.4 is 14.4 Å². The van der Waals surface area contributed by atoms with Crippen molar-refractivity contribution in [1.29, 1.82) is 0 Å². The highest BCUT2D eigenvalue weighted by molar-refractivity contribution is 7.92. The molecule has 1 fully saturated rings. The van der Waals surface area contributed by atoms with Gasteiger partial charge in [0.1, 0.15) is 18.3 Å². The van der Waals surface area contributed by atoms with E-state index in [1.165, 1.54) is 17.0 Å². The van der Waals surface area contributed by atoms with Gasteiger partial charge < -0.3 is 15.0 Å². The molecule has 3 aromatic rings. The zero-order valence-electron chi connectivity index (χ0n) is 24.3. The summed E-state index contributed by atoms with van der Waals surface area (Å²) in [6.45, 7) is 3.45. The number of benzene rings is 3. The number of anilines is 1. The second kappa shape index (κ2) is 14.9. The molecular weight excluding hydrogens is 609 g/mol. The molecule has 8 nitrogen and oxygen atoms in total. The second-order valence-corrected chi connectivity index (χ2v) is 13.2. The summed E-state index contributed by atoms with van der Waals surface area (Å²) in [5.41, 5.74) is 0.938. The van der Waals surface area contributed by atoms with Crippen molar-refractivity contribution in [3.05, 3.63) is 88.4 Å². The lowest BCUT2D eigenvalue weighted by Gasteiger charge is -2.33. The molecule has 1 saturated carbocycles. The van der Waals surface area contributed by atoms with Crippen LogP contribution in [0.4, 0.5) is 5.69 Å². The minimum absolute atomic E-state index is 0.0253. The number of nitrogens with zero attached hydrogens (tertiary/aromatic N) is 2. The number of sulfonamides is 1. The summed E-state index contributed by atoms with van der Waals surface area (Å²) in [6, 6.07) is 18.6. The van der Waals surface area contributed by atoms with Crippen molar-refractivity contribution in [1.82, 2.24) is 10.2 Å². The van der Waals surface area contributed by atoms with Gasteiger partial charge in [-0.3, -0.25) is 13.9 Å². The Kier molecular flexibility index (Phi) is 11.3. The van der Waals surface area contributed by atoms with E-state index in [1.54, 1.807) is 67.6 Å². The molecule has 3 aromatic carbocycles. The van der Waals surface area contributed by atoms with Crippen molar-refractivity contribution in [3.8, 4) is 5.75 Å². The van der Waals surface area contributed by atoms with E-state index in [1.807, 2.05) is 6.92 Å². The molecular formula is C32H37Cl2N3O5S. The Balaban J connectivity index is 1.68. The van der Waals surface area contributed by atoms with Crippen LogP contribution in [-0.2, 0) is 26.2 Å². The molecule has 4 rings (SSSR count). The van der Waals surface area contributed by atoms with Crippen LogP contribution in [0.5, 0.6) is 5.75 Å². The minimum Gasteiger partial charge on any atom is -0.494 e. The van der Waals surface area contributed by atoms with E-state index in [2.05, 4.69) is 5.32 Å². The number of hydrogen-bond donors (Lipinski definition) is 1. The van der Waals surface area contributed by atoms with E-state index in [4.69, 9.17) is 27.9 Å². The van der Waals surface area contributed by atoms with Crippen LogP contribution in [0.15, 0.2) is 77.7 Å². The van der Waals surface area contributed by atoms with Crippen LogP contribution in [0, 0.1) is 0 Å². The van der Waals surface area contributed by atoms with Gasteiger partial charge in [0.25, 0.3) is 10.0 Å². The quantitative estimate of drug-likeness (QED) is 0.244. The average Bonchev–Trinajstić information content (AvgIpc) is 3.01. The van der Waals surface area contributed by atoms with E-state index in [-0.39, 0.29) is 29.1 Å². The predicted octanol–water partition coefficient (Wildman–Crippen LogP) is 6.45. The Morgan fingerprint density at radius 2 is 1.63 bits per heavy atom. The fourth-order valence-electron chi connectivity index (χ4n) is 5.11. The number of rotatable bonds is 12. The maximum Gasteiger partial charge on any atom is 0.264 e. The van der Waals surface area contributed by atoms with Crippen LogP contribution in [-0.4, -0.2) is 50.4 Å². The Morgan fingerprint density at radius 3 is 2.26 bits per heavy atom. The summed E-state index contributed by atoms with van der Waals surface area (Å²) in [6.07, 6.45) is 5.00. The number of amides is 2. The molecule has 43 heavy (non-hydrogen) atoms. The molecule has 11 heteroatoms. The normalized spacial score (nSPS) is 14.5. The second-order valence-electron chi connectivity index (χ2n) is 10.5. The summed E-state index contributed by atoms with van der Waals surface area (Å²) in [5.74, 6) is -0.270. The molecule has 1 N–H and O–H groups in total. The molecule has 0 aromatic heterocycles. The van der Waals surface area contributed by atoms with E-state index in [0.717, 1.165) is 36.4 Å². The van der Waals surface area contributed by atoms with Crippen molar-refractivity contribution in [2.24, 2.45) is 0 Å². The van der Waals surface area contributed by atoms with E-state index in [0.29, 0.717) is 28.0 Å². The number of ether oxygens (including phenoxy) is 1. The third-order valence-electron chi connectivity index (χ3n) is 7.50. The lowest BCUT2D eigenvalue weighted by molar-refractivity contribution is -0.139. The first-order valence-electron chi connectivity index (χ1n) is 14.4. The third-order valence-corrected chi connectivity index (χ3v) is 10.0. The van der Waals surface area contributed by atoms with Crippen molar-refractivity contribution >= 4 is 50.7 Å². The van der Waals surface area contributed by atoms with Gasteiger partial charge in [-0.05, 0) is 80.8 Å². The minimum atomic E-state index is -4.16. The van der Waals surface area contributed by atoms with Gasteiger partial charge in [-0.1, -0.05) is 66.7 Å². The van der Waals surface area contributed by atoms with E-state index in [9.17, 15) is 18.0 Å². The fraction of sp³-hybridized carbons (Fsp3) is 0.375. The fourth-order valence-corrected chi connectivity index (χ4v) is 6.87. The molecule has 2 amide bonds. The summed E-state index contributed by atoms with van der Waals surface area (Å²) >= 11 is 12.4. The number of nitrogens with one attached hydrogen (secondary N) is 1. The lowest BCUT2D eigenvalue weighted by atomic mass is 9.95. The highest BCUT2D eigenvalue weighted by atomic mass is 35.5. The molecule has 1 aliphatic carbocycles. The average molecular weight is 647 g/mol. The predicted molar refractivity (Wildman–Crippen MR) is 170 cm³/mol. The summed E-state index contributed by atoms with van der Waals surface area (Å²) in [7, 11) is -4.16. The first-order valence-corrected chi connectivity index (χ1v) is 16.6.